The standard InChI is InChI=1S/C31H56N6O4/c1-20(2)25(19-35-16-11-15-24(35)29(40)37-18-12-14-22(37)27(32)38)34(8)30(41)26(31(5,6)7)33-28(39)23-13-9-10-17-36(23)21(3)4/h20-26H,9-19H2,1-8H3,(H2,32,38)(H,33,39)/t22-,23+,24-,25+,26+/m0/s1. The van der Waals surface area contributed by atoms with Crippen LogP contribution < -0.4 is 11.1 Å². The Kier molecular flexibility index (Phi) is 11.2. The molecule has 4 amide bonds. The predicted octanol–water partition coefficient (Wildman–Crippen LogP) is 2.20. The third-order valence-corrected chi connectivity index (χ3v) is 9.46. The minimum atomic E-state index is -0.672. The van der Waals surface area contributed by atoms with Gasteiger partial charge in [0.1, 0.15) is 12.1 Å². The zero-order valence-electron chi connectivity index (χ0n) is 26.8. The quantitative estimate of drug-likeness (QED) is 0.412. The Morgan fingerprint density at radius 1 is 0.878 bits per heavy atom. The first kappa shape index (κ1) is 33.3. The molecule has 234 valence electrons. The highest BCUT2D eigenvalue weighted by Crippen LogP contribution is 2.28. The van der Waals surface area contributed by atoms with Crippen LogP contribution in [0.5, 0.6) is 0 Å². The lowest BCUT2D eigenvalue weighted by Gasteiger charge is -2.42. The Bertz CT molecular complexity index is 947. The summed E-state index contributed by atoms with van der Waals surface area (Å²) in [6.45, 7) is 17.2. The number of nitrogens with two attached hydrogens (primary N) is 1. The molecule has 0 saturated carbocycles. The molecule has 0 aliphatic carbocycles. The van der Waals surface area contributed by atoms with Crippen LogP contribution in [-0.4, -0.2) is 113 Å². The first-order valence-corrected chi connectivity index (χ1v) is 15.8. The first-order chi connectivity index (χ1) is 19.1. The molecule has 3 aliphatic heterocycles. The number of rotatable bonds is 10. The molecule has 0 aromatic carbocycles. The van der Waals surface area contributed by atoms with Crippen LogP contribution in [0.1, 0.15) is 93.4 Å². The van der Waals surface area contributed by atoms with Gasteiger partial charge in [0.05, 0.1) is 12.1 Å². The van der Waals surface area contributed by atoms with Crippen LogP contribution in [0.2, 0.25) is 0 Å². The summed E-state index contributed by atoms with van der Waals surface area (Å²) in [5.74, 6) is -0.502. The number of piperidine rings is 1. The summed E-state index contributed by atoms with van der Waals surface area (Å²) >= 11 is 0. The summed E-state index contributed by atoms with van der Waals surface area (Å²) in [5.41, 5.74) is 5.12. The normalized spacial score (nSPS) is 25.9. The van der Waals surface area contributed by atoms with Crippen molar-refractivity contribution in [1.82, 2.24) is 24.9 Å². The Labute approximate surface area is 247 Å². The molecule has 0 radical (unpaired) electrons. The fraction of sp³-hybridized carbons (Fsp3) is 0.871. The van der Waals surface area contributed by atoms with Crippen molar-refractivity contribution in [2.75, 3.05) is 33.2 Å². The van der Waals surface area contributed by atoms with Crippen LogP contribution in [0, 0.1) is 11.3 Å². The second kappa shape index (κ2) is 13.8. The van der Waals surface area contributed by atoms with E-state index in [-0.39, 0.29) is 47.8 Å². The Morgan fingerprint density at radius 3 is 2.07 bits per heavy atom. The smallest absolute Gasteiger partial charge is 0.245 e. The highest BCUT2D eigenvalue weighted by Gasteiger charge is 2.43. The van der Waals surface area contributed by atoms with Crippen LogP contribution in [0.3, 0.4) is 0 Å². The number of primary amides is 1. The molecule has 0 spiro atoms. The summed E-state index contributed by atoms with van der Waals surface area (Å²) in [5, 5.41) is 3.17. The topological polar surface area (TPSA) is 119 Å². The highest BCUT2D eigenvalue weighted by atomic mass is 16.2. The molecule has 3 rings (SSSR count). The lowest BCUT2D eigenvalue weighted by Crippen LogP contribution is -2.62. The molecule has 3 aliphatic rings. The van der Waals surface area contributed by atoms with Gasteiger partial charge in [0.15, 0.2) is 0 Å². The van der Waals surface area contributed by atoms with Crippen LogP contribution in [0.25, 0.3) is 0 Å². The van der Waals surface area contributed by atoms with Gasteiger partial charge in [0.2, 0.25) is 23.6 Å². The summed E-state index contributed by atoms with van der Waals surface area (Å²) < 4.78 is 0. The fourth-order valence-corrected chi connectivity index (χ4v) is 6.97. The van der Waals surface area contributed by atoms with Crippen LogP contribution in [0.15, 0.2) is 0 Å². The van der Waals surface area contributed by atoms with Gasteiger partial charge in [-0.15, -0.1) is 0 Å². The number of carbonyl (C=O) groups excluding carboxylic acids is 4. The lowest BCUT2D eigenvalue weighted by molar-refractivity contribution is -0.144. The fourth-order valence-electron chi connectivity index (χ4n) is 6.97. The molecule has 10 nitrogen and oxygen atoms in total. The Hall–Kier alpha value is -2.20. The molecular weight excluding hydrogens is 520 g/mol. The molecule has 0 aromatic heterocycles. The molecule has 0 unspecified atom stereocenters. The number of amides is 4. The maximum Gasteiger partial charge on any atom is 0.245 e. The summed E-state index contributed by atoms with van der Waals surface area (Å²) in [6.07, 6.45) is 5.93. The van der Waals surface area contributed by atoms with Crippen molar-refractivity contribution >= 4 is 23.6 Å². The molecule has 10 heteroatoms. The third-order valence-electron chi connectivity index (χ3n) is 9.46. The number of likely N-dealkylation sites (tertiary alicyclic amines) is 3. The van der Waals surface area contributed by atoms with Crippen molar-refractivity contribution in [3.05, 3.63) is 0 Å². The summed E-state index contributed by atoms with van der Waals surface area (Å²) in [6, 6.07) is -1.62. The lowest BCUT2D eigenvalue weighted by atomic mass is 9.84. The largest absolute Gasteiger partial charge is 0.368 e. The van der Waals surface area contributed by atoms with E-state index >= 15 is 0 Å². The van der Waals surface area contributed by atoms with Gasteiger partial charge in [-0.2, -0.15) is 0 Å². The van der Waals surface area contributed by atoms with E-state index in [1.54, 1.807) is 9.80 Å². The van der Waals surface area contributed by atoms with Crippen molar-refractivity contribution in [3.8, 4) is 0 Å². The molecule has 5 atom stereocenters. The van der Waals surface area contributed by atoms with Gasteiger partial charge in [-0.1, -0.05) is 41.0 Å². The number of nitrogens with one attached hydrogen (secondary N) is 1. The van der Waals surface area contributed by atoms with Crippen LogP contribution in [-0.2, 0) is 19.2 Å². The average Bonchev–Trinajstić information content (AvgIpc) is 3.58. The van der Waals surface area contributed by atoms with Gasteiger partial charge in [-0.3, -0.25) is 29.0 Å². The minimum absolute atomic E-state index is 0.0256. The zero-order valence-corrected chi connectivity index (χ0v) is 26.8. The maximum atomic E-state index is 14.1. The molecule has 0 aromatic rings. The molecule has 3 heterocycles. The molecule has 41 heavy (non-hydrogen) atoms. The van der Waals surface area contributed by atoms with Gasteiger partial charge in [0.25, 0.3) is 0 Å². The highest BCUT2D eigenvalue weighted by molar-refractivity contribution is 5.91. The number of carbonyl (C=O) groups is 4. The number of hydrogen-bond acceptors (Lipinski definition) is 6. The molecule has 3 N–H and O–H groups in total. The van der Waals surface area contributed by atoms with Crippen molar-refractivity contribution in [3.63, 3.8) is 0 Å². The van der Waals surface area contributed by atoms with E-state index in [4.69, 9.17) is 5.73 Å². The second-order valence-electron chi connectivity index (χ2n) is 14.2. The first-order valence-electron chi connectivity index (χ1n) is 15.8. The predicted molar refractivity (Wildman–Crippen MR) is 161 cm³/mol. The SMILES string of the molecule is CC(C)[C@@H](CN1CCC[C@H]1C(=O)N1CCC[C@H]1C(N)=O)N(C)C(=O)[C@@H](NC(=O)[C@H]1CCCCN1C(C)C)C(C)(C)C. The van der Waals surface area contributed by atoms with E-state index < -0.39 is 23.4 Å². The monoisotopic (exact) mass is 576 g/mol. The Morgan fingerprint density at radius 2 is 1.49 bits per heavy atom. The van der Waals surface area contributed by atoms with Crippen LogP contribution >= 0.6 is 0 Å². The average molecular weight is 577 g/mol. The molecule has 3 fully saturated rings. The molecule has 0 bridgehead atoms. The third kappa shape index (κ3) is 7.80. The van der Waals surface area contributed by atoms with E-state index in [0.717, 1.165) is 51.6 Å². The van der Waals surface area contributed by atoms with E-state index in [2.05, 4.69) is 42.8 Å². The number of hydrogen-bond donors (Lipinski definition) is 2. The molecule has 3 saturated heterocycles. The van der Waals surface area contributed by atoms with Gasteiger partial charge < -0.3 is 20.9 Å². The van der Waals surface area contributed by atoms with Gasteiger partial charge >= 0.3 is 0 Å². The van der Waals surface area contributed by atoms with Crippen molar-refractivity contribution < 1.29 is 19.2 Å². The van der Waals surface area contributed by atoms with Crippen molar-refractivity contribution in [2.45, 2.75) is 130 Å². The molecular formula is C31H56N6O4. The zero-order chi connectivity index (χ0) is 30.6. The summed E-state index contributed by atoms with van der Waals surface area (Å²) in [7, 11) is 1.83. The van der Waals surface area contributed by atoms with Gasteiger partial charge in [-0.25, -0.2) is 0 Å². The minimum Gasteiger partial charge on any atom is -0.368 e. The van der Waals surface area contributed by atoms with Crippen LogP contribution in [0.4, 0.5) is 0 Å². The van der Waals surface area contributed by atoms with Crippen molar-refractivity contribution in [2.24, 2.45) is 17.1 Å². The van der Waals surface area contributed by atoms with Gasteiger partial charge in [0, 0.05) is 32.2 Å². The summed E-state index contributed by atoms with van der Waals surface area (Å²) in [4.78, 5) is 61.1. The number of likely N-dealkylation sites (N-methyl/N-ethyl adjacent to an activating group) is 1. The van der Waals surface area contributed by atoms with E-state index in [0.29, 0.717) is 19.5 Å². The maximum absolute atomic E-state index is 14.1. The van der Waals surface area contributed by atoms with Gasteiger partial charge in [-0.05, 0) is 76.8 Å². The Balaban J connectivity index is 1.75. The van der Waals surface area contributed by atoms with E-state index in [1.807, 2.05) is 27.8 Å². The second-order valence-corrected chi connectivity index (χ2v) is 14.2. The van der Waals surface area contributed by atoms with E-state index in [1.165, 1.54) is 0 Å². The number of nitrogens with zero attached hydrogens (tertiary/aromatic N) is 4. The van der Waals surface area contributed by atoms with Crippen molar-refractivity contribution in [1.29, 1.82) is 0 Å². The van der Waals surface area contributed by atoms with E-state index in [9.17, 15) is 19.2 Å².